The van der Waals surface area contributed by atoms with Gasteiger partial charge in [-0.05, 0) is 42.2 Å². The lowest BCUT2D eigenvalue weighted by Gasteiger charge is -2.33. The first-order valence-corrected chi connectivity index (χ1v) is 9.48. The van der Waals surface area contributed by atoms with Crippen LogP contribution in [0.3, 0.4) is 0 Å². The highest BCUT2D eigenvalue weighted by Gasteiger charge is 2.33. The Morgan fingerprint density at radius 1 is 1.41 bits per heavy atom. The number of hydrogen-bond acceptors (Lipinski definition) is 4. The predicted octanol–water partition coefficient (Wildman–Crippen LogP) is 3.84. The van der Waals surface area contributed by atoms with E-state index in [1.165, 1.54) is 17.4 Å². The first-order valence-electron chi connectivity index (χ1n) is 8.67. The summed E-state index contributed by atoms with van der Waals surface area (Å²) in [7, 11) is 0. The van der Waals surface area contributed by atoms with Crippen LogP contribution in [0.15, 0.2) is 12.3 Å². The van der Waals surface area contributed by atoms with Crippen molar-refractivity contribution in [3.8, 4) is 0 Å². The molecule has 0 aromatic carbocycles. The summed E-state index contributed by atoms with van der Waals surface area (Å²) in [5.41, 5.74) is 6.76. The number of alkyl halides is 2. The zero-order chi connectivity index (χ0) is 19.9. The number of hydrogen-bond donors (Lipinski definition) is 2. The van der Waals surface area contributed by atoms with Gasteiger partial charge in [-0.1, -0.05) is 20.8 Å². The maximum atomic E-state index is 12.6. The Morgan fingerprint density at radius 2 is 2.11 bits per heavy atom. The van der Waals surface area contributed by atoms with Crippen molar-refractivity contribution in [2.75, 3.05) is 5.32 Å². The number of thiophene rings is 1. The molecular weight excluding hydrogens is 374 g/mol. The predicted molar refractivity (Wildman–Crippen MR) is 99.2 cm³/mol. The number of fused-ring (bicyclic) bond motifs is 1. The van der Waals surface area contributed by atoms with Gasteiger partial charge in [-0.25, -0.2) is 4.68 Å². The van der Waals surface area contributed by atoms with Gasteiger partial charge in [0.15, 0.2) is 5.69 Å². The molecule has 0 saturated carbocycles. The third-order valence-electron chi connectivity index (χ3n) is 5.00. The van der Waals surface area contributed by atoms with E-state index in [2.05, 4.69) is 31.2 Å². The fourth-order valence-electron chi connectivity index (χ4n) is 3.41. The van der Waals surface area contributed by atoms with Crippen LogP contribution in [0, 0.1) is 11.3 Å². The van der Waals surface area contributed by atoms with Crippen molar-refractivity contribution in [1.29, 1.82) is 0 Å². The lowest BCUT2D eigenvalue weighted by Crippen LogP contribution is -2.27. The van der Waals surface area contributed by atoms with Crippen LogP contribution in [-0.4, -0.2) is 21.6 Å². The van der Waals surface area contributed by atoms with Crippen LogP contribution in [0.25, 0.3) is 0 Å². The number of anilines is 1. The van der Waals surface area contributed by atoms with E-state index in [0.717, 1.165) is 35.9 Å². The van der Waals surface area contributed by atoms with Gasteiger partial charge >= 0.3 is 6.55 Å². The second-order valence-corrected chi connectivity index (χ2v) is 8.90. The molecule has 0 spiro atoms. The second-order valence-electron chi connectivity index (χ2n) is 7.79. The number of primary amides is 1. The van der Waals surface area contributed by atoms with Crippen molar-refractivity contribution in [3.63, 3.8) is 0 Å². The molecule has 6 nitrogen and oxygen atoms in total. The Balaban J connectivity index is 1.88. The summed E-state index contributed by atoms with van der Waals surface area (Å²) in [5, 5.41) is 6.54. The van der Waals surface area contributed by atoms with E-state index in [0.29, 0.717) is 21.2 Å². The third kappa shape index (κ3) is 3.87. The Bertz CT molecular complexity index is 883. The van der Waals surface area contributed by atoms with Crippen molar-refractivity contribution < 1.29 is 18.4 Å². The Labute approximate surface area is 159 Å². The number of carbonyl (C=O) groups excluding carboxylic acids is 2. The first kappa shape index (κ1) is 19.5. The van der Waals surface area contributed by atoms with Crippen LogP contribution in [0.2, 0.25) is 0 Å². The van der Waals surface area contributed by atoms with Gasteiger partial charge in [0.05, 0.1) is 5.56 Å². The molecule has 0 saturated heterocycles. The molecule has 0 radical (unpaired) electrons. The molecule has 1 aliphatic rings. The summed E-state index contributed by atoms with van der Waals surface area (Å²) >= 11 is 1.33. The van der Waals surface area contributed by atoms with Crippen LogP contribution in [0.4, 0.5) is 13.8 Å². The summed E-state index contributed by atoms with van der Waals surface area (Å²) in [6.45, 7) is 3.74. The molecular formula is C18H22F2N4O2S. The quantitative estimate of drug-likeness (QED) is 0.823. The number of nitrogens with two attached hydrogens (primary N) is 1. The molecule has 2 amide bonds. The molecule has 3 N–H and O–H groups in total. The largest absolute Gasteiger partial charge is 0.365 e. The molecule has 3 rings (SSSR count). The van der Waals surface area contributed by atoms with Crippen molar-refractivity contribution in [1.82, 2.24) is 9.78 Å². The van der Waals surface area contributed by atoms with Gasteiger partial charge in [0.1, 0.15) is 5.00 Å². The lowest BCUT2D eigenvalue weighted by atomic mass is 9.72. The van der Waals surface area contributed by atoms with E-state index >= 15 is 0 Å². The number of nitrogens with one attached hydrogen (secondary N) is 1. The Hall–Kier alpha value is -2.29. The highest BCUT2D eigenvalue weighted by atomic mass is 32.1. The molecule has 0 fully saturated rings. The number of aromatic nitrogens is 2. The average Bonchev–Trinajstić information content (AvgIpc) is 3.17. The number of halogens is 2. The second kappa shape index (κ2) is 7.03. The smallest absolute Gasteiger partial charge is 0.333 e. The molecule has 2 aromatic heterocycles. The van der Waals surface area contributed by atoms with E-state index in [9.17, 15) is 18.4 Å². The summed E-state index contributed by atoms with van der Waals surface area (Å²) in [6, 6.07) is 1.20. The van der Waals surface area contributed by atoms with Crippen molar-refractivity contribution >= 4 is 28.2 Å². The van der Waals surface area contributed by atoms with E-state index in [-0.39, 0.29) is 11.1 Å². The molecule has 1 aliphatic carbocycles. The molecule has 27 heavy (non-hydrogen) atoms. The number of amides is 2. The minimum absolute atomic E-state index is 0.139. The fraction of sp³-hybridized carbons (Fsp3) is 0.500. The average molecular weight is 396 g/mol. The zero-order valence-electron chi connectivity index (χ0n) is 15.4. The summed E-state index contributed by atoms with van der Waals surface area (Å²) in [6.07, 6.45) is 3.52. The highest BCUT2D eigenvalue weighted by molar-refractivity contribution is 7.17. The van der Waals surface area contributed by atoms with Crippen LogP contribution >= 0.6 is 11.3 Å². The molecule has 1 atom stereocenters. The van der Waals surface area contributed by atoms with Gasteiger partial charge in [0, 0.05) is 11.1 Å². The van der Waals surface area contributed by atoms with E-state index in [1.807, 2.05) is 0 Å². The number of nitrogens with zero attached hydrogens (tertiary/aromatic N) is 2. The molecule has 0 aliphatic heterocycles. The topological polar surface area (TPSA) is 90.0 Å². The van der Waals surface area contributed by atoms with Crippen molar-refractivity contribution in [2.24, 2.45) is 17.1 Å². The molecule has 146 valence electrons. The Kier molecular flexibility index (Phi) is 5.07. The minimum Gasteiger partial charge on any atom is -0.365 e. The SMILES string of the molecule is CC(C)(C)C1CCc2c(sc(NC(=O)c3ccn(C(F)F)n3)c2C(N)=O)C1. The van der Waals surface area contributed by atoms with Crippen LogP contribution in [0.5, 0.6) is 0 Å². The zero-order valence-corrected chi connectivity index (χ0v) is 16.2. The van der Waals surface area contributed by atoms with Crippen LogP contribution < -0.4 is 11.1 Å². The standard InChI is InChI=1S/C18H22F2N4O2S/c1-18(2,3)9-4-5-10-12(8-9)27-16(13(10)14(21)25)22-15(26)11-6-7-24(23-11)17(19)20/h6-7,9,17H,4-5,8H2,1-3H3,(H2,21,25)(H,22,26). The summed E-state index contributed by atoms with van der Waals surface area (Å²) in [5.74, 6) is -0.785. The monoisotopic (exact) mass is 396 g/mol. The molecule has 9 heteroatoms. The molecule has 2 aromatic rings. The molecule has 0 bridgehead atoms. The van der Waals surface area contributed by atoms with Gasteiger partial charge in [0.25, 0.3) is 11.8 Å². The number of rotatable bonds is 4. The molecule has 1 unspecified atom stereocenters. The van der Waals surface area contributed by atoms with Crippen molar-refractivity contribution in [2.45, 2.75) is 46.6 Å². The highest BCUT2D eigenvalue weighted by Crippen LogP contribution is 2.44. The lowest BCUT2D eigenvalue weighted by molar-refractivity contribution is 0.0561. The Morgan fingerprint density at radius 3 is 2.67 bits per heavy atom. The normalized spacial score (nSPS) is 17.0. The maximum Gasteiger partial charge on any atom is 0.333 e. The van der Waals surface area contributed by atoms with Gasteiger partial charge < -0.3 is 11.1 Å². The molecule has 2 heterocycles. The summed E-state index contributed by atoms with van der Waals surface area (Å²) < 4.78 is 25.7. The van der Waals surface area contributed by atoms with E-state index in [4.69, 9.17) is 5.73 Å². The first-order chi connectivity index (χ1) is 12.6. The van der Waals surface area contributed by atoms with E-state index in [1.54, 1.807) is 0 Å². The van der Waals surface area contributed by atoms with E-state index < -0.39 is 18.4 Å². The number of carbonyl (C=O) groups is 2. The van der Waals surface area contributed by atoms with Gasteiger partial charge in [-0.3, -0.25) is 9.59 Å². The van der Waals surface area contributed by atoms with Gasteiger partial charge in [-0.15, -0.1) is 11.3 Å². The third-order valence-corrected chi connectivity index (χ3v) is 6.17. The fourth-order valence-corrected chi connectivity index (χ4v) is 4.74. The van der Waals surface area contributed by atoms with Gasteiger partial charge in [-0.2, -0.15) is 13.9 Å². The summed E-state index contributed by atoms with van der Waals surface area (Å²) in [4.78, 5) is 25.4. The van der Waals surface area contributed by atoms with Crippen LogP contribution in [-0.2, 0) is 12.8 Å². The van der Waals surface area contributed by atoms with Crippen molar-refractivity contribution in [3.05, 3.63) is 34.0 Å². The van der Waals surface area contributed by atoms with Gasteiger partial charge in [0.2, 0.25) is 0 Å². The van der Waals surface area contributed by atoms with Crippen LogP contribution in [0.1, 0.15) is 65.0 Å². The minimum atomic E-state index is -2.82. The maximum absolute atomic E-state index is 12.6.